The zero-order chi connectivity index (χ0) is 7.73. The number of hydrogen-bond acceptors (Lipinski definition) is 3. The molecule has 1 fully saturated rings. The number of allylic oxidation sites excluding steroid dienone is 1. The highest BCUT2D eigenvalue weighted by atomic mass is 16.7. The molecule has 1 aliphatic heterocycles. The van der Waals surface area contributed by atoms with Crippen LogP contribution in [-0.2, 0) is 9.47 Å². The molecule has 0 aromatic heterocycles. The zero-order valence-corrected chi connectivity index (χ0v) is 6.38. The zero-order valence-electron chi connectivity index (χ0n) is 6.38. The van der Waals surface area contributed by atoms with E-state index in [0.717, 1.165) is 18.4 Å². The highest BCUT2D eigenvalue weighted by Crippen LogP contribution is 2.37. The van der Waals surface area contributed by atoms with Gasteiger partial charge in [0, 0.05) is 12.0 Å². The molecule has 1 N–H and O–H groups in total. The van der Waals surface area contributed by atoms with E-state index in [1.165, 1.54) is 0 Å². The molecule has 11 heavy (non-hydrogen) atoms. The minimum Gasteiger partial charge on any atom is -0.392 e. The van der Waals surface area contributed by atoms with E-state index in [1.54, 1.807) is 0 Å². The van der Waals surface area contributed by atoms with Crippen LogP contribution in [0, 0.1) is 0 Å². The fourth-order valence-corrected chi connectivity index (χ4v) is 1.72. The Balaban J connectivity index is 2.18. The van der Waals surface area contributed by atoms with Crippen LogP contribution in [-0.4, -0.2) is 30.7 Å². The topological polar surface area (TPSA) is 38.7 Å². The van der Waals surface area contributed by atoms with Crippen molar-refractivity contribution in [2.24, 2.45) is 0 Å². The Labute approximate surface area is 65.6 Å². The summed E-state index contributed by atoms with van der Waals surface area (Å²) in [4.78, 5) is 0. The smallest absolute Gasteiger partial charge is 0.193 e. The average molecular weight is 156 g/mol. The first-order valence-electron chi connectivity index (χ1n) is 3.96. The molecule has 0 radical (unpaired) electrons. The lowest BCUT2D eigenvalue weighted by molar-refractivity contribution is -0.128. The van der Waals surface area contributed by atoms with Gasteiger partial charge in [0.15, 0.2) is 5.79 Å². The normalized spacial score (nSPS) is 27.9. The fraction of sp³-hybridized carbons (Fsp3) is 0.750. The standard InChI is InChI=1S/C8H12O3/c9-6-7-2-1-3-8(7)10-4-5-11-8/h2,9H,1,3-6H2. The van der Waals surface area contributed by atoms with E-state index in [-0.39, 0.29) is 6.61 Å². The molecule has 0 atom stereocenters. The van der Waals surface area contributed by atoms with E-state index >= 15 is 0 Å². The molecule has 3 nitrogen and oxygen atoms in total. The van der Waals surface area contributed by atoms with Crippen LogP contribution in [0.3, 0.4) is 0 Å². The van der Waals surface area contributed by atoms with Crippen molar-refractivity contribution in [2.75, 3.05) is 19.8 Å². The van der Waals surface area contributed by atoms with Gasteiger partial charge in [-0.3, -0.25) is 0 Å². The van der Waals surface area contributed by atoms with E-state index in [1.807, 2.05) is 6.08 Å². The Bertz CT molecular complexity index is 180. The minimum atomic E-state index is -0.533. The van der Waals surface area contributed by atoms with Crippen LogP contribution in [0.2, 0.25) is 0 Å². The van der Waals surface area contributed by atoms with Crippen molar-refractivity contribution < 1.29 is 14.6 Å². The SMILES string of the molecule is OCC1=CCCC12OCCO2. The average Bonchev–Trinajstić information content (AvgIpc) is 2.62. The second-order valence-corrected chi connectivity index (χ2v) is 2.88. The highest BCUT2D eigenvalue weighted by Gasteiger charge is 2.42. The largest absolute Gasteiger partial charge is 0.392 e. The molecule has 0 unspecified atom stereocenters. The maximum absolute atomic E-state index is 8.96. The van der Waals surface area contributed by atoms with Crippen LogP contribution in [0.25, 0.3) is 0 Å². The molecular weight excluding hydrogens is 144 g/mol. The van der Waals surface area contributed by atoms with Gasteiger partial charge in [0.25, 0.3) is 0 Å². The van der Waals surface area contributed by atoms with Gasteiger partial charge in [-0.15, -0.1) is 0 Å². The Morgan fingerprint density at radius 3 is 2.82 bits per heavy atom. The van der Waals surface area contributed by atoms with Crippen molar-refractivity contribution >= 4 is 0 Å². The maximum atomic E-state index is 8.96. The molecule has 0 saturated carbocycles. The van der Waals surface area contributed by atoms with E-state index in [4.69, 9.17) is 14.6 Å². The van der Waals surface area contributed by atoms with Crippen molar-refractivity contribution in [3.8, 4) is 0 Å². The summed E-state index contributed by atoms with van der Waals surface area (Å²) in [5.74, 6) is -0.533. The molecule has 0 aromatic carbocycles. The van der Waals surface area contributed by atoms with Crippen LogP contribution in [0.1, 0.15) is 12.8 Å². The molecule has 1 spiro atoms. The summed E-state index contributed by atoms with van der Waals surface area (Å²) in [6.07, 6.45) is 3.82. The van der Waals surface area contributed by atoms with E-state index in [9.17, 15) is 0 Å². The molecule has 0 bridgehead atoms. The molecule has 2 aliphatic rings. The first-order valence-corrected chi connectivity index (χ1v) is 3.96. The lowest BCUT2D eigenvalue weighted by atomic mass is 10.1. The van der Waals surface area contributed by atoms with E-state index in [2.05, 4.69) is 0 Å². The number of hydrogen-bond donors (Lipinski definition) is 1. The van der Waals surface area contributed by atoms with E-state index in [0.29, 0.717) is 13.2 Å². The van der Waals surface area contributed by atoms with Crippen LogP contribution < -0.4 is 0 Å². The number of aliphatic hydroxyl groups excluding tert-OH is 1. The predicted octanol–water partition coefficient (Wildman–Crippen LogP) is 0.442. The fourth-order valence-electron chi connectivity index (χ4n) is 1.72. The summed E-state index contributed by atoms with van der Waals surface area (Å²) in [6, 6.07) is 0. The number of ether oxygens (including phenoxy) is 2. The van der Waals surface area contributed by atoms with Crippen LogP contribution in [0.4, 0.5) is 0 Å². The van der Waals surface area contributed by atoms with Crippen LogP contribution in [0.15, 0.2) is 11.6 Å². The lowest BCUT2D eigenvalue weighted by Crippen LogP contribution is -2.30. The Morgan fingerprint density at radius 1 is 1.45 bits per heavy atom. The maximum Gasteiger partial charge on any atom is 0.193 e. The Kier molecular flexibility index (Phi) is 1.71. The van der Waals surface area contributed by atoms with Gasteiger partial charge in [0.1, 0.15) is 0 Å². The summed E-state index contributed by atoms with van der Waals surface area (Å²) in [6.45, 7) is 1.36. The molecule has 1 heterocycles. The monoisotopic (exact) mass is 156 g/mol. The lowest BCUT2D eigenvalue weighted by Gasteiger charge is -2.24. The van der Waals surface area contributed by atoms with Gasteiger partial charge < -0.3 is 14.6 Å². The summed E-state index contributed by atoms with van der Waals surface area (Å²) >= 11 is 0. The third-order valence-corrected chi connectivity index (χ3v) is 2.28. The summed E-state index contributed by atoms with van der Waals surface area (Å²) < 4.78 is 10.9. The van der Waals surface area contributed by atoms with Gasteiger partial charge in [-0.25, -0.2) is 0 Å². The Hall–Kier alpha value is -0.380. The van der Waals surface area contributed by atoms with Gasteiger partial charge >= 0.3 is 0 Å². The molecule has 3 heteroatoms. The first-order chi connectivity index (χ1) is 5.37. The summed E-state index contributed by atoms with van der Waals surface area (Å²) in [5, 5.41) is 8.96. The highest BCUT2D eigenvalue weighted by molar-refractivity contribution is 5.20. The van der Waals surface area contributed by atoms with Gasteiger partial charge in [-0.05, 0) is 6.42 Å². The molecule has 1 aliphatic carbocycles. The van der Waals surface area contributed by atoms with Crippen LogP contribution >= 0.6 is 0 Å². The third kappa shape index (κ3) is 1.00. The van der Waals surface area contributed by atoms with Crippen molar-refractivity contribution in [3.63, 3.8) is 0 Å². The minimum absolute atomic E-state index is 0.0556. The van der Waals surface area contributed by atoms with Crippen molar-refractivity contribution in [2.45, 2.75) is 18.6 Å². The number of aliphatic hydroxyl groups is 1. The van der Waals surface area contributed by atoms with Crippen molar-refractivity contribution in [1.29, 1.82) is 0 Å². The van der Waals surface area contributed by atoms with Crippen molar-refractivity contribution in [1.82, 2.24) is 0 Å². The van der Waals surface area contributed by atoms with Crippen LogP contribution in [0.5, 0.6) is 0 Å². The summed E-state index contributed by atoms with van der Waals surface area (Å²) in [7, 11) is 0. The molecule has 2 rings (SSSR count). The van der Waals surface area contributed by atoms with Gasteiger partial charge in [0.2, 0.25) is 0 Å². The first kappa shape index (κ1) is 7.28. The summed E-state index contributed by atoms with van der Waals surface area (Å²) in [5.41, 5.74) is 0.898. The van der Waals surface area contributed by atoms with Gasteiger partial charge in [0.05, 0.1) is 19.8 Å². The van der Waals surface area contributed by atoms with E-state index < -0.39 is 5.79 Å². The molecule has 0 amide bonds. The molecule has 0 aromatic rings. The number of rotatable bonds is 1. The quantitative estimate of drug-likeness (QED) is 0.560. The predicted molar refractivity (Wildman–Crippen MR) is 39.0 cm³/mol. The molecule has 62 valence electrons. The second kappa shape index (κ2) is 2.59. The second-order valence-electron chi connectivity index (χ2n) is 2.88. The van der Waals surface area contributed by atoms with Crippen molar-refractivity contribution in [3.05, 3.63) is 11.6 Å². The molecular formula is C8H12O3. The third-order valence-electron chi connectivity index (χ3n) is 2.28. The van der Waals surface area contributed by atoms with Gasteiger partial charge in [-0.1, -0.05) is 6.08 Å². The van der Waals surface area contributed by atoms with Gasteiger partial charge in [-0.2, -0.15) is 0 Å². The Morgan fingerprint density at radius 2 is 2.18 bits per heavy atom. The molecule has 1 saturated heterocycles.